The quantitative estimate of drug-likeness (QED) is 0.0284. The molecule has 0 aliphatic heterocycles. The van der Waals surface area contributed by atoms with Gasteiger partial charge in [-0.3, -0.25) is 9.36 Å². The van der Waals surface area contributed by atoms with E-state index in [1.807, 2.05) is 27.2 Å². The number of unbranched alkanes of at least 4 members (excludes halogenated alkanes) is 20. The van der Waals surface area contributed by atoms with Crippen LogP contribution in [0.4, 0.5) is 0 Å². The highest BCUT2D eigenvalue weighted by molar-refractivity contribution is 7.45. The van der Waals surface area contributed by atoms with Crippen molar-refractivity contribution in [3.05, 3.63) is 36.5 Å². The number of nitrogens with one attached hydrogen (secondary N) is 1. The molecule has 0 aromatic heterocycles. The summed E-state index contributed by atoms with van der Waals surface area (Å²) < 4.78 is 23.0. The van der Waals surface area contributed by atoms with Crippen molar-refractivity contribution in [3.63, 3.8) is 0 Å². The van der Waals surface area contributed by atoms with Crippen LogP contribution in [-0.2, 0) is 18.4 Å². The zero-order valence-electron chi connectivity index (χ0n) is 33.8. The highest BCUT2D eigenvalue weighted by atomic mass is 31.2. The Kier molecular flexibility index (Phi) is 33.6. The molecular formula is C42H81N2O6P. The smallest absolute Gasteiger partial charge is 0.268 e. The van der Waals surface area contributed by atoms with Gasteiger partial charge in [0.25, 0.3) is 7.82 Å². The van der Waals surface area contributed by atoms with Gasteiger partial charge in [0.2, 0.25) is 5.91 Å². The van der Waals surface area contributed by atoms with Gasteiger partial charge in [0.05, 0.1) is 39.9 Å². The molecule has 0 aliphatic rings. The van der Waals surface area contributed by atoms with Gasteiger partial charge in [0.15, 0.2) is 0 Å². The van der Waals surface area contributed by atoms with Crippen molar-refractivity contribution >= 4 is 13.7 Å². The second kappa shape index (κ2) is 34.5. The van der Waals surface area contributed by atoms with E-state index in [0.717, 1.165) is 51.4 Å². The molecule has 0 radical (unpaired) electrons. The first-order chi connectivity index (χ1) is 24.5. The molecule has 0 aromatic carbocycles. The number of carbonyl (C=O) groups is 1. The van der Waals surface area contributed by atoms with Crippen molar-refractivity contribution in [2.75, 3.05) is 40.9 Å². The molecular weight excluding hydrogens is 659 g/mol. The fourth-order valence-electron chi connectivity index (χ4n) is 5.71. The summed E-state index contributed by atoms with van der Waals surface area (Å²) in [5.74, 6) is -0.223. The van der Waals surface area contributed by atoms with E-state index in [4.69, 9.17) is 9.05 Å². The molecule has 2 N–H and O–H groups in total. The lowest BCUT2D eigenvalue weighted by molar-refractivity contribution is -0.870. The molecule has 0 saturated carbocycles. The number of aliphatic hydroxyl groups is 1. The second-order valence-electron chi connectivity index (χ2n) is 15.3. The second-order valence-corrected chi connectivity index (χ2v) is 16.7. The largest absolute Gasteiger partial charge is 0.756 e. The Morgan fingerprint density at radius 1 is 0.667 bits per heavy atom. The molecule has 0 heterocycles. The van der Waals surface area contributed by atoms with Crippen molar-refractivity contribution in [3.8, 4) is 0 Å². The van der Waals surface area contributed by atoms with E-state index < -0.39 is 26.6 Å². The van der Waals surface area contributed by atoms with Gasteiger partial charge in [-0.05, 0) is 44.9 Å². The third kappa shape index (κ3) is 36.9. The first-order valence-corrected chi connectivity index (χ1v) is 22.3. The van der Waals surface area contributed by atoms with Gasteiger partial charge in [-0.25, -0.2) is 0 Å². The molecule has 1 amide bonds. The first kappa shape index (κ1) is 49.7. The Morgan fingerprint density at radius 2 is 1.10 bits per heavy atom. The fraction of sp³-hybridized carbons (Fsp3) is 0.833. The molecule has 0 aromatic rings. The summed E-state index contributed by atoms with van der Waals surface area (Å²) in [7, 11) is 1.23. The zero-order valence-corrected chi connectivity index (χ0v) is 34.7. The van der Waals surface area contributed by atoms with Crippen molar-refractivity contribution < 1.29 is 32.9 Å². The number of phosphoric ester groups is 1. The monoisotopic (exact) mass is 741 g/mol. The van der Waals surface area contributed by atoms with Gasteiger partial charge in [-0.2, -0.15) is 0 Å². The lowest BCUT2D eigenvalue weighted by Crippen LogP contribution is -2.45. The number of allylic oxidation sites excluding steroid dienone is 5. The summed E-state index contributed by atoms with van der Waals surface area (Å²) in [6.45, 7) is 4.53. The maximum absolute atomic E-state index is 12.6. The number of quaternary nitrogens is 1. The van der Waals surface area contributed by atoms with Crippen LogP contribution in [0, 0.1) is 0 Å². The molecule has 0 aliphatic carbocycles. The number of phosphoric acid groups is 1. The van der Waals surface area contributed by atoms with Crippen LogP contribution in [0.3, 0.4) is 0 Å². The molecule has 3 atom stereocenters. The fourth-order valence-corrected chi connectivity index (χ4v) is 6.43. The predicted molar refractivity (Wildman–Crippen MR) is 215 cm³/mol. The van der Waals surface area contributed by atoms with Crippen LogP contribution in [0.15, 0.2) is 36.5 Å². The maximum atomic E-state index is 12.6. The summed E-state index contributed by atoms with van der Waals surface area (Å²) in [6.07, 6.45) is 40.9. The Bertz CT molecular complexity index is 933. The van der Waals surface area contributed by atoms with Crippen LogP contribution in [0.25, 0.3) is 0 Å². The number of amides is 1. The number of aliphatic hydroxyl groups excluding tert-OH is 1. The van der Waals surface area contributed by atoms with Gasteiger partial charge < -0.3 is 28.8 Å². The third-order valence-corrected chi connectivity index (χ3v) is 10.0. The molecule has 0 rings (SSSR count). The van der Waals surface area contributed by atoms with Gasteiger partial charge in [-0.15, -0.1) is 0 Å². The van der Waals surface area contributed by atoms with Crippen LogP contribution in [0.5, 0.6) is 0 Å². The van der Waals surface area contributed by atoms with Gasteiger partial charge in [0, 0.05) is 6.42 Å². The minimum Gasteiger partial charge on any atom is -0.756 e. The van der Waals surface area contributed by atoms with Gasteiger partial charge >= 0.3 is 0 Å². The van der Waals surface area contributed by atoms with E-state index in [9.17, 15) is 19.4 Å². The predicted octanol–water partition coefficient (Wildman–Crippen LogP) is 10.5. The molecule has 8 nitrogen and oxygen atoms in total. The lowest BCUT2D eigenvalue weighted by atomic mass is 10.0. The SMILES string of the molecule is CCCCCCCCCCCCCCC/C=C/CC/C=C/CC/C=C/C(O)C(COP(=O)([O-])OCC[N+](C)(C)C)NC(=O)CCCCCCCC. The standard InChI is InChI=1S/C42H81N2O6P/c1-6-8-10-12-14-15-16-17-18-19-20-21-22-23-24-25-26-27-28-29-30-31-33-35-41(45)40(43-42(46)36-34-32-13-11-9-7-2)39-50-51(47,48)49-38-37-44(3,4)5/h24-25,28-29,33,35,40-41,45H,6-23,26-27,30-32,34,36-39H2,1-5H3,(H-,43,46,47,48)/b25-24+,29-28+,35-33+. The maximum Gasteiger partial charge on any atom is 0.268 e. The van der Waals surface area contributed by atoms with E-state index >= 15 is 0 Å². The lowest BCUT2D eigenvalue weighted by Gasteiger charge is -2.29. The molecule has 3 unspecified atom stereocenters. The molecule has 9 heteroatoms. The molecule has 300 valence electrons. The molecule has 51 heavy (non-hydrogen) atoms. The van der Waals surface area contributed by atoms with Crippen molar-refractivity contribution in [1.29, 1.82) is 0 Å². The highest BCUT2D eigenvalue weighted by Gasteiger charge is 2.23. The van der Waals surface area contributed by atoms with Gasteiger partial charge in [0.1, 0.15) is 13.2 Å². The number of rotatable bonds is 37. The Labute approximate surface area is 315 Å². The number of likely N-dealkylation sites (N-methyl/N-ethyl adjacent to an activating group) is 1. The van der Waals surface area contributed by atoms with Crippen LogP contribution in [-0.4, -0.2) is 68.5 Å². The van der Waals surface area contributed by atoms with Crippen LogP contribution >= 0.6 is 7.82 Å². The van der Waals surface area contributed by atoms with E-state index in [1.165, 1.54) is 103 Å². The summed E-state index contributed by atoms with van der Waals surface area (Å²) in [4.78, 5) is 25.0. The summed E-state index contributed by atoms with van der Waals surface area (Å²) >= 11 is 0. The Hall–Kier alpha value is -1.28. The number of hydrogen-bond acceptors (Lipinski definition) is 6. The number of nitrogens with zero attached hydrogens (tertiary/aromatic N) is 1. The Balaban J connectivity index is 4.32. The van der Waals surface area contributed by atoms with E-state index in [1.54, 1.807) is 6.08 Å². The highest BCUT2D eigenvalue weighted by Crippen LogP contribution is 2.38. The average molecular weight is 741 g/mol. The molecule has 0 saturated heterocycles. The van der Waals surface area contributed by atoms with Crippen molar-refractivity contribution in [2.45, 2.75) is 187 Å². The van der Waals surface area contributed by atoms with E-state index in [0.29, 0.717) is 17.4 Å². The summed E-state index contributed by atoms with van der Waals surface area (Å²) in [6, 6.07) is -0.903. The Morgan fingerprint density at radius 3 is 1.59 bits per heavy atom. The zero-order chi connectivity index (χ0) is 37.9. The number of carbonyl (C=O) groups excluding carboxylic acids is 1. The van der Waals surface area contributed by atoms with Crippen molar-refractivity contribution in [2.24, 2.45) is 0 Å². The molecule has 0 fully saturated rings. The van der Waals surface area contributed by atoms with E-state index in [2.05, 4.69) is 43.5 Å². The van der Waals surface area contributed by atoms with Crippen LogP contribution < -0.4 is 10.2 Å². The minimum absolute atomic E-state index is 0.00883. The van der Waals surface area contributed by atoms with Gasteiger partial charge in [-0.1, -0.05) is 159 Å². The third-order valence-electron chi connectivity index (χ3n) is 9.08. The van der Waals surface area contributed by atoms with E-state index in [-0.39, 0.29) is 12.5 Å². The molecule has 0 bridgehead atoms. The number of hydrogen-bond donors (Lipinski definition) is 2. The first-order valence-electron chi connectivity index (χ1n) is 20.9. The van der Waals surface area contributed by atoms with Crippen LogP contribution in [0.1, 0.15) is 174 Å². The normalized spacial score (nSPS) is 14.9. The summed E-state index contributed by atoms with van der Waals surface area (Å²) in [5.41, 5.74) is 0. The topological polar surface area (TPSA) is 108 Å². The van der Waals surface area contributed by atoms with Crippen LogP contribution in [0.2, 0.25) is 0 Å². The average Bonchev–Trinajstić information content (AvgIpc) is 3.07. The summed E-state index contributed by atoms with van der Waals surface area (Å²) in [5, 5.41) is 13.6. The van der Waals surface area contributed by atoms with Crippen molar-refractivity contribution in [1.82, 2.24) is 5.32 Å². The molecule has 0 spiro atoms. The minimum atomic E-state index is -4.58.